The molecule has 2 N–H and O–H groups in total. The lowest BCUT2D eigenvalue weighted by molar-refractivity contribution is 0.739. The zero-order chi connectivity index (χ0) is 12.1. The maximum Gasteiger partial charge on any atom is 0.191 e. The van der Waals surface area contributed by atoms with E-state index in [0.717, 1.165) is 31.5 Å². The first kappa shape index (κ1) is 16.2. The Morgan fingerprint density at radius 1 is 1.50 bits per heavy atom. The van der Waals surface area contributed by atoms with Gasteiger partial charge in [0.05, 0.1) is 10.3 Å². The van der Waals surface area contributed by atoms with Crippen LogP contribution in [-0.2, 0) is 6.54 Å². The Hall–Kier alpha value is 0.180. The Labute approximate surface area is 138 Å². The summed E-state index contributed by atoms with van der Waals surface area (Å²) in [5.41, 5.74) is 1.26. The van der Waals surface area contributed by atoms with E-state index in [1.54, 1.807) is 11.3 Å². The predicted molar refractivity (Wildman–Crippen MR) is 93.0 cm³/mol. The molecule has 6 heteroatoms. The van der Waals surface area contributed by atoms with Crippen LogP contribution in [0, 0.1) is 5.92 Å². The summed E-state index contributed by atoms with van der Waals surface area (Å²) < 4.78 is 1.17. The van der Waals surface area contributed by atoms with Gasteiger partial charge in [0.15, 0.2) is 5.96 Å². The molecule has 1 saturated carbocycles. The number of hydrogen-bond donors (Lipinski definition) is 2. The molecule has 102 valence electrons. The number of aliphatic imine (C=N–C) groups is 1. The number of hydrogen-bond acceptors (Lipinski definition) is 2. The van der Waals surface area contributed by atoms with Crippen LogP contribution in [0.3, 0.4) is 0 Å². The number of nitrogens with one attached hydrogen (secondary N) is 2. The van der Waals surface area contributed by atoms with E-state index in [-0.39, 0.29) is 24.0 Å². The van der Waals surface area contributed by atoms with Crippen LogP contribution in [0.2, 0.25) is 0 Å². The van der Waals surface area contributed by atoms with Crippen LogP contribution in [0.1, 0.15) is 25.3 Å². The first-order valence-electron chi connectivity index (χ1n) is 6.03. The van der Waals surface area contributed by atoms with Crippen molar-refractivity contribution in [1.29, 1.82) is 0 Å². The molecule has 1 fully saturated rings. The van der Waals surface area contributed by atoms with Gasteiger partial charge in [-0.1, -0.05) is 0 Å². The summed E-state index contributed by atoms with van der Waals surface area (Å²) >= 11 is 5.17. The number of rotatable bonds is 5. The van der Waals surface area contributed by atoms with E-state index < -0.39 is 0 Å². The van der Waals surface area contributed by atoms with Gasteiger partial charge in [0.25, 0.3) is 0 Å². The first-order valence-corrected chi connectivity index (χ1v) is 7.70. The maximum absolute atomic E-state index is 4.58. The number of guanidine groups is 1. The Morgan fingerprint density at radius 3 is 2.83 bits per heavy atom. The van der Waals surface area contributed by atoms with E-state index in [1.165, 1.54) is 22.2 Å². The fourth-order valence-corrected chi connectivity index (χ4v) is 2.70. The minimum Gasteiger partial charge on any atom is -0.357 e. The molecule has 3 nitrogen and oxygen atoms in total. The smallest absolute Gasteiger partial charge is 0.191 e. The Morgan fingerprint density at radius 2 is 2.28 bits per heavy atom. The standard InChI is InChI=1S/C12H18BrN3S.HI/c1-2-14-12(15-6-9-3-4-9)16-7-10-5-11(13)17-8-10;/h5,8-9H,2-4,6-7H2,1H3,(H2,14,15,16);1H. The third-order valence-corrected chi connectivity index (χ3v) is 4.19. The summed E-state index contributed by atoms with van der Waals surface area (Å²) in [6.45, 7) is 4.79. The van der Waals surface area contributed by atoms with Crippen molar-refractivity contribution in [2.75, 3.05) is 13.1 Å². The largest absolute Gasteiger partial charge is 0.357 e. The van der Waals surface area contributed by atoms with Crippen molar-refractivity contribution in [3.8, 4) is 0 Å². The molecule has 1 aromatic heterocycles. The van der Waals surface area contributed by atoms with Crippen molar-refractivity contribution in [3.63, 3.8) is 0 Å². The van der Waals surface area contributed by atoms with Crippen molar-refractivity contribution in [2.45, 2.75) is 26.3 Å². The molecule has 1 aliphatic rings. The van der Waals surface area contributed by atoms with E-state index in [2.05, 4.69) is 49.9 Å². The topological polar surface area (TPSA) is 36.4 Å². The zero-order valence-electron chi connectivity index (χ0n) is 10.4. The van der Waals surface area contributed by atoms with Crippen LogP contribution in [0.4, 0.5) is 0 Å². The highest BCUT2D eigenvalue weighted by atomic mass is 127. The van der Waals surface area contributed by atoms with E-state index in [9.17, 15) is 0 Å². The summed E-state index contributed by atoms with van der Waals surface area (Å²) in [7, 11) is 0. The third-order valence-electron chi connectivity index (χ3n) is 2.64. The zero-order valence-corrected chi connectivity index (χ0v) is 15.1. The normalized spacial score (nSPS) is 15.1. The molecule has 1 aliphatic carbocycles. The molecule has 0 amide bonds. The molecular formula is C12H19BrIN3S. The molecule has 0 spiro atoms. The molecule has 1 heterocycles. The van der Waals surface area contributed by atoms with Gasteiger partial charge in [-0.2, -0.15) is 0 Å². The van der Waals surface area contributed by atoms with Gasteiger partial charge >= 0.3 is 0 Å². The monoisotopic (exact) mass is 443 g/mol. The maximum atomic E-state index is 4.58. The van der Waals surface area contributed by atoms with Gasteiger partial charge in [0, 0.05) is 13.1 Å². The minimum atomic E-state index is 0. The van der Waals surface area contributed by atoms with Gasteiger partial charge in [-0.3, -0.25) is 0 Å². The number of halogens is 2. The van der Waals surface area contributed by atoms with E-state index in [0.29, 0.717) is 0 Å². The summed E-state index contributed by atoms with van der Waals surface area (Å²) in [4.78, 5) is 4.58. The Kier molecular flexibility index (Phi) is 7.55. The van der Waals surface area contributed by atoms with Gasteiger partial charge in [0.2, 0.25) is 0 Å². The average Bonchev–Trinajstić information content (AvgIpc) is 3.05. The Balaban J connectivity index is 0.00000162. The summed E-state index contributed by atoms with van der Waals surface area (Å²) in [6.07, 6.45) is 2.73. The van der Waals surface area contributed by atoms with Crippen LogP contribution in [-0.4, -0.2) is 19.0 Å². The lowest BCUT2D eigenvalue weighted by atomic mass is 10.3. The lowest BCUT2D eigenvalue weighted by Crippen LogP contribution is -2.38. The highest BCUT2D eigenvalue weighted by Crippen LogP contribution is 2.27. The lowest BCUT2D eigenvalue weighted by Gasteiger charge is -2.10. The first-order chi connectivity index (χ1) is 8.28. The Bertz CT molecular complexity index is 390. The third kappa shape index (κ3) is 5.88. The fraction of sp³-hybridized carbons (Fsp3) is 0.583. The van der Waals surface area contributed by atoms with Crippen molar-refractivity contribution in [2.24, 2.45) is 10.9 Å². The highest BCUT2D eigenvalue weighted by Gasteiger charge is 2.20. The minimum absolute atomic E-state index is 0. The summed E-state index contributed by atoms with van der Waals surface area (Å²) in [5, 5.41) is 8.80. The van der Waals surface area contributed by atoms with Crippen molar-refractivity contribution in [1.82, 2.24) is 10.6 Å². The molecule has 2 rings (SSSR count). The molecule has 1 aromatic rings. The van der Waals surface area contributed by atoms with Crippen LogP contribution in [0.5, 0.6) is 0 Å². The van der Waals surface area contributed by atoms with Gasteiger partial charge in [-0.25, -0.2) is 4.99 Å². The van der Waals surface area contributed by atoms with Crippen molar-refractivity contribution in [3.05, 3.63) is 20.8 Å². The van der Waals surface area contributed by atoms with Crippen LogP contribution in [0.15, 0.2) is 20.2 Å². The van der Waals surface area contributed by atoms with Crippen LogP contribution in [0.25, 0.3) is 0 Å². The van der Waals surface area contributed by atoms with E-state index in [1.807, 2.05) is 0 Å². The molecule has 0 atom stereocenters. The van der Waals surface area contributed by atoms with Gasteiger partial charge in [-0.05, 0) is 58.6 Å². The summed E-state index contributed by atoms with van der Waals surface area (Å²) in [5.74, 6) is 1.80. The van der Waals surface area contributed by atoms with Gasteiger partial charge in [-0.15, -0.1) is 35.3 Å². The molecule has 0 aromatic carbocycles. The average molecular weight is 444 g/mol. The molecule has 0 radical (unpaired) electrons. The van der Waals surface area contributed by atoms with Crippen molar-refractivity contribution < 1.29 is 0 Å². The van der Waals surface area contributed by atoms with Crippen molar-refractivity contribution >= 4 is 57.2 Å². The molecule has 18 heavy (non-hydrogen) atoms. The SMILES string of the molecule is CCNC(=NCc1csc(Br)c1)NCC1CC1.I. The second-order valence-electron chi connectivity index (χ2n) is 4.28. The number of nitrogens with zero attached hydrogens (tertiary/aromatic N) is 1. The summed E-state index contributed by atoms with van der Waals surface area (Å²) in [6, 6.07) is 2.12. The molecule has 0 bridgehead atoms. The van der Waals surface area contributed by atoms with Gasteiger partial charge < -0.3 is 10.6 Å². The fourth-order valence-electron chi connectivity index (χ4n) is 1.50. The molecule has 0 saturated heterocycles. The molecule has 0 unspecified atom stereocenters. The molecular weight excluding hydrogens is 425 g/mol. The second kappa shape index (κ2) is 8.37. The molecule has 0 aliphatic heterocycles. The van der Waals surface area contributed by atoms with E-state index in [4.69, 9.17) is 0 Å². The predicted octanol–water partition coefficient (Wildman–Crippen LogP) is 3.59. The van der Waals surface area contributed by atoms with Gasteiger partial charge in [0.1, 0.15) is 0 Å². The van der Waals surface area contributed by atoms with Crippen LogP contribution < -0.4 is 10.6 Å². The highest BCUT2D eigenvalue weighted by molar-refractivity contribution is 14.0. The van der Waals surface area contributed by atoms with E-state index >= 15 is 0 Å². The van der Waals surface area contributed by atoms with Crippen LogP contribution >= 0.6 is 51.2 Å². The quantitative estimate of drug-likeness (QED) is 0.414. The second-order valence-corrected chi connectivity index (χ2v) is 6.57. The number of thiophene rings is 1.